The molecule has 0 aromatic rings. The van der Waals surface area contributed by atoms with E-state index in [9.17, 15) is 0 Å². The molecule has 34 valence electrons. The molecule has 0 aromatic carbocycles. The first kappa shape index (κ1) is 6.14. The SMILES string of the molecule is C=C(C)/N=C\I. The van der Waals surface area contributed by atoms with Crippen LogP contribution in [0.4, 0.5) is 0 Å². The highest BCUT2D eigenvalue weighted by atomic mass is 127. The minimum Gasteiger partial charge on any atom is -0.256 e. The molecular formula is C4H6IN. The Labute approximate surface area is 51.3 Å². The van der Waals surface area contributed by atoms with Crippen molar-refractivity contribution in [1.29, 1.82) is 0 Å². The van der Waals surface area contributed by atoms with Crippen molar-refractivity contribution in [2.45, 2.75) is 6.92 Å². The highest BCUT2D eigenvalue weighted by molar-refractivity contribution is 14.1. The van der Waals surface area contributed by atoms with Gasteiger partial charge in [-0.3, -0.25) is 4.99 Å². The summed E-state index contributed by atoms with van der Waals surface area (Å²) in [5, 5.41) is 0. The second-order valence-electron chi connectivity index (χ2n) is 0.962. The molecule has 0 rings (SSSR count). The normalized spacial score (nSPS) is 9.67. The first-order valence-corrected chi connectivity index (χ1v) is 2.80. The van der Waals surface area contributed by atoms with Crippen LogP contribution in [0.5, 0.6) is 0 Å². The van der Waals surface area contributed by atoms with Crippen molar-refractivity contribution in [2.24, 2.45) is 4.99 Å². The van der Waals surface area contributed by atoms with E-state index in [-0.39, 0.29) is 0 Å². The van der Waals surface area contributed by atoms with E-state index >= 15 is 0 Å². The number of halogens is 1. The molecule has 0 aliphatic carbocycles. The number of aliphatic imine (C=N–C) groups is 1. The van der Waals surface area contributed by atoms with E-state index in [4.69, 9.17) is 0 Å². The first-order chi connectivity index (χ1) is 2.77. The van der Waals surface area contributed by atoms with Crippen molar-refractivity contribution >= 4 is 26.8 Å². The van der Waals surface area contributed by atoms with Gasteiger partial charge in [-0.15, -0.1) is 0 Å². The van der Waals surface area contributed by atoms with Gasteiger partial charge in [0.25, 0.3) is 0 Å². The van der Waals surface area contributed by atoms with Crippen LogP contribution in [0.15, 0.2) is 17.3 Å². The van der Waals surface area contributed by atoms with E-state index < -0.39 is 0 Å². The van der Waals surface area contributed by atoms with Crippen LogP contribution in [0.2, 0.25) is 0 Å². The monoisotopic (exact) mass is 195 g/mol. The van der Waals surface area contributed by atoms with E-state index in [0.29, 0.717) is 0 Å². The zero-order valence-electron chi connectivity index (χ0n) is 3.61. The van der Waals surface area contributed by atoms with E-state index in [1.807, 2.05) is 6.92 Å². The second kappa shape index (κ2) is 3.33. The molecule has 0 radical (unpaired) electrons. The summed E-state index contributed by atoms with van der Waals surface area (Å²) < 4.78 is 1.69. The lowest BCUT2D eigenvalue weighted by Gasteiger charge is -1.75. The molecule has 0 spiro atoms. The summed E-state index contributed by atoms with van der Waals surface area (Å²) >= 11 is 2.05. The minimum atomic E-state index is 0.851. The molecule has 0 atom stereocenters. The Morgan fingerprint density at radius 3 is 2.50 bits per heavy atom. The second-order valence-corrected chi connectivity index (χ2v) is 1.52. The van der Waals surface area contributed by atoms with E-state index in [1.165, 1.54) is 0 Å². The van der Waals surface area contributed by atoms with Crippen molar-refractivity contribution in [1.82, 2.24) is 0 Å². The summed E-state index contributed by atoms with van der Waals surface area (Å²) in [4.78, 5) is 3.79. The first-order valence-electron chi connectivity index (χ1n) is 1.55. The van der Waals surface area contributed by atoms with Gasteiger partial charge in [0, 0.05) is 5.70 Å². The van der Waals surface area contributed by atoms with Gasteiger partial charge < -0.3 is 0 Å². The average molecular weight is 195 g/mol. The van der Waals surface area contributed by atoms with Crippen molar-refractivity contribution in [3.8, 4) is 0 Å². The molecule has 0 fully saturated rings. The van der Waals surface area contributed by atoms with Crippen LogP contribution < -0.4 is 0 Å². The molecule has 0 bridgehead atoms. The molecular weight excluding hydrogens is 189 g/mol. The Bertz CT molecular complexity index is 75.6. The van der Waals surface area contributed by atoms with Gasteiger partial charge in [-0.2, -0.15) is 0 Å². The molecule has 0 saturated carbocycles. The average Bonchev–Trinajstić information content (AvgIpc) is 1.35. The smallest absolute Gasteiger partial charge is 0.0654 e. The predicted molar refractivity (Wildman–Crippen MR) is 37.3 cm³/mol. The molecule has 0 saturated heterocycles. The summed E-state index contributed by atoms with van der Waals surface area (Å²) in [5.74, 6) is 0. The largest absolute Gasteiger partial charge is 0.256 e. The Morgan fingerprint density at radius 1 is 2.00 bits per heavy atom. The number of allylic oxidation sites excluding steroid dienone is 1. The number of hydrogen-bond acceptors (Lipinski definition) is 1. The summed E-state index contributed by atoms with van der Waals surface area (Å²) in [6.07, 6.45) is 0. The molecule has 0 heterocycles. The van der Waals surface area contributed by atoms with Crippen molar-refractivity contribution < 1.29 is 0 Å². The lowest BCUT2D eigenvalue weighted by atomic mass is 10.6. The van der Waals surface area contributed by atoms with Crippen LogP contribution >= 0.6 is 22.6 Å². The third-order valence-electron chi connectivity index (χ3n) is 0.269. The van der Waals surface area contributed by atoms with Gasteiger partial charge in [-0.05, 0) is 29.5 Å². The number of hydrogen-bond donors (Lipinski definition) is 0. The molecule has 0 aromatic heterocycles. The summed E-state index contributed by atoms with van der Waals surface area (Å²) in [6, 6.07) is 0. The molecule has 0 aliphatic rings. The van der Waals surface area contributed by atoms with E-state index in [2.05, 4.69) is 34.2 Å². The maximum atomic E-state index is 3.79. The van der Waals surface area contributed by atoms with Gasteiger partial charge in [-0.25, -0.2) is 0 Å². The van der Waals surface area contributed by atoms with Crippen molar-refractivity contribution in [3.05, 3.63) is 12.3 Å². The summed E-state index contributed by atoms with van der Waals surface area (Å²) in [7, 11) is 0. The Morgan fingerprint density at radius 2 is 2.50 bits per heavy atom. The number of rotatable bonds is 1. The van der Waals surface area contributed by atoms with Gasteiger partial charge >= 0.3 is 0 Å². The minimum absolute atomic E-state index is 0.851. The van der Waals surface area contributed by atoms with E-state index in [0.717, 1.165) is 5.70 Å². The van der Waals surface area contributed by atoms with Crippen molar-refractivity contribution in [2.75, 3.05) is 0 Å². The zero-order chi connectivity index (χ0) is 4.99. The molecule has 0 N–H and O–H groups in total. The lowest BCUT2D eigenvalue weighted by molar-refractivity contribution is 1.35. The quantitative estimate of drug-likeness (QED) is 0.448. The van der Waals surface area contributed by atoms with Gasteiger partial charge in [0.2, 0.25) is 0 Å². The highest BCUT2D eigenvalue weighted by Gasteiger charge is 1.64. The number of nitrogens with zero attached hydrogens (tertiary/aromatic N) is 1. The van der Waals surface area contributed by atoms with Gasteiger partial charge in [0.05, 0.1) is 4.22 Å². The standard InChI is InChI=1S/C4H6IN/c1-4(2)6-3-5/h3H,1H2,2H3/b6-3-. The topological polar surface area (TPSA) is 12.4 Å². The van der Waals surface area contributed by atoms with Crippen LogP contribution in [0, 0.1) is 0 Å². The maximum absolute atomic E-state index is 3.79. The Balaban J connectivity index is 3.30. The van der Waals surface area contributed by atoms with Crippen LogP contribution in [0.25, 0.3) is 0 Å². The van der Waals surface area contributed by atoms with Crippen LogP contribution in [-0.2, 0) is 0 Å². The maximum Gasteiger partial charge on any atom is 0.0654 e. The predicted octanol–water partition coefficient (Wildman–Crippen LogP) is 1.98. The highest BCUT2D eigenvalue weighted by Crippen LogP contribution is 1.86. The summed E-state index contributed by atoms with van der Waals surface area (Å²) in [5.41, 5.74) is 0.851. The third-order valence-corrected chi connectivity index (χ3v) is 0.548. The fourth-order valence-electron chi connectivity index (χ4n) is 0.0833. The fourth-order valence-corrected chi connectivity index (χ4v) is 0.559. The summed E-state index contributed by atoms with van der Waals surface area (Å²) in [6.45, 7) is 5.40. The van der Waals surface area contributed by atoms with E-state index in [1.54, 1.807) is 4.22 Å². The van der Waals surface area contributed by atoms with Crippen molar-refractivity contribution in [3.63, 3.8) is 0 Å². The Hall–Kier alpha value is 0.140. The lowest BCUT2D eigenvalue weighted by Crippen LogP contribution is -1.57. The van der Waals surface area contributed by atoms with Crippen LogP contribution in [-0.4, -0.2) is 4.22 Å². The van der Waals surface area contributed by atoms with Gasteiger partial charge in [-0.1, -0.05) is 6.58 Å². The third kappa shape index (κ3) is 4.14. The zero-order valence-corrected chi connectivity index (χ0v) is 5.77. The molecule has 0 aliphatic heterocycles. The molecule has 2 heteroatoms. The Kier molecular flexibility index (Phi) is 3.41. The van der Waals surface area contributed by atoms with Crippen LogP contribution in [0.3, 0.4) is 0 Å². The molecule has 0 unspecified atom stereocenters. The molecule has 6 heavy (non-hydrogen) atoms. The van der Waals surface area contributed by atoms with Gasteiger partial charge in [0.1, 0.15) is 0 Å². The van der Waals surface area contributed by atoms with Gasteiger partial charge in [0.15, 0.2) is 0 Å². The molecule has 0 amide bonds. The van der Waals surface area contributed by atoms with Crippen LogP contribution in [0.1, 0.15) is 6.92 Å². The fraction of sp³-hybridized carbons (Fsp3) is 0.250. The molecule has 1 nitrogen and oxygen atoms in total.